The summed E-state index contributed by atoms with van der Waals surface area (Å²) in [7, 11) is 0. The van der Waals surface area contributed by atoms with Crippen LogP contribution in [0, 0.1) is 6.92 Å². The molecule has 1 rings (SSSR count). The first-order valence-electron chi connectivity index (χ1n) is 4.86. The Bertz CT molecular complexity index is 280. The predicted molar refractivity (Wildman–Crippen MR) is 57.0 cm³/mol. The molecule has 14 heavy (non-hydrogen) atoms. The van der Waals surface area contributed by atoms with Crippen molar-refractivity contribution < 1.29 is 4.74 Å². The third-order valence-corrected chi connectivity index (χ3v) is 2.18. The molecule has 1 aromatic heterocycles. The highest BCUT2D eigenvalue weighted by molar-refractivity contribution is 5.21. The molecule has 1 unspecified atom stereocenters. The minimum absolute atomic E-state index is 0.448. The molecule has 0 bridgehead atoms. The molecule has 0 amide bonds. The van der Waals surface area contributed by atoms with Gasteiger partial charge in [0, 0.05) is 18.5 Å². The fourth-order valence-electron chi connectivity index (χ4n) is 1.20. The first-order valence-corrected chi connectivity index (χ1v) is 4.86. The minimum Gasteiger partial charge on any atom is -0.379 e. The number of rotatable bonds is 4. The van der Waals surface area contributed by atoms with Crippen LogP contribution in [0.4, 0.5) is 0 Å². The maximum absolute atomic E-state index is 6.11. The largest absolute Gasteiger partial charge is 0.379 e. The molecular weight excluding hydrogens is 176 g/mol. The van der Waals surface area contributed by atoms with Gasteiger partial charge in [0.05, 0.1) is 12.1 Å². The van der Waals surface area contributed by atoms with Gasteiger partial charge in [0.25, 0.3) is 0 Å². The van der Waals surface area contributed by atoms with Crippen molar-refractivity contribution >= 4 is 0 Å². The third-order valence-electron chi connectivity index (χ3n) is 2.18. The van der Waals surface area contributed by atoms with Gasteiger partial charge in [-0.25, -0.2) is 0 Å². The Hall–Kier alpha value is -0.930. The molecule has 1 aromatic rings. The Balaban J connectivity index is 2.75. The zero-order chi connectivity index (χ0) is 10.6. The highest BCUT2D eigenvalue weighted by Crippen LogP contribution is 2.17. The van der Waals surface area contributed by atoms with E-state index in [9.17, 15) is 0 Å². The summed E-state index contributed by atoms with van der Waals surface area (Å²) in [6.45, 7) is 7.08. The Morgan fingerprint density at radius 2 is 2.21 bits per heavy atom. The Kier molecular flexibility index (Phi) is 3.61. The van der Waals surface area contributed by atoms with E-state index in [1.807, 2.05) is 39.1 Å². The summed E-state index contributed by atoms with van der Waals surface area (Å²) >= 11 is 0. The number of nitrogens with zero attached hydrogens (tertiary/aromatic N) is 1. The molecular formula is C11H18N2O. The SMILES string of the molecule is CCOCC(C)(N)c1ccc(C)nc1. The molecule has 1 heterocycles. The molecule has 0 saturated heterocycles. The first kappa shape index (κ1) is 11.1. The van der Waals surface area contributed by atoms with Gasteiger partial charge >= 0.3 is 0 Å². The van der Waals surface area contributed by atoms with E-state index in [1.165, 1.54) is 0 Å². The van der Waals surface area contributed by atoms with Crippen LogP contribution in [0.3, 0.4) is 0 Å². The molecule has 0 aliphatic rings. The van der Waals surface area contributed by atoms with E-state index in [0.717, 1.165) is 11.3 Å². The zero-order valence-corrected chi connectivity index (χ0v) is 9.08. The Morgan fingerprint density at radius 3 is 2.71 bits per heavy atom. The second-order valence-electron chi connectivity index (χ2n) is 3.74. The lowest BCUT2D eigenvalue weighted by atomic mass is 9.96. The van der Waals surface area contributed by atoms with E-state index in [0.29, 0.717) is 13.2 Å². The summed E-state index contributed by atoms with van der Waals surface area (Å²) in [6.07, 6.45) is 1.81. The Labute approximate surface area is 85.3 Å². The van der Waals surface area contributed by atoms with Crippen molar-refractivity contribution in [2.45, 2.75) is 26.3 Å². The molecule has 0 aliphatic heterocycles. The summed E-state index contributed by atoms with van der Waals surface area (Å²) in [5.74, 6) is 0. The van der Waals surface area contributed by atoms with Gasteiger partial charge in [-0.2, -0.15) is 0 Å². The molecule has 0 spiro atoms. The van der Waals surface area contributed by atoms with Crippen molar-refractivity contribution in [1.82, 2.24) is 4.98 Å². The van der Waals surface area contributed by atoms with Gasteiger partial charge in [0.15, 0.2) is 0 Å². The van der Waals surface area contributed by atoms with Crippen molar-refractivity contribution in [3.05, 3.63) is 29.6 Å². The molecule has 3 heteroatoms. The van der Waals surface area contributed by atoms with E-state index in [-0.39, 0.29) is 0 Å². The first-order chi connectivity index (χ1) is 6.56. The summed E-state index contributed by atoms with van der Waals surface area (Å²) in [4.78, 5) is 4.22. The van der Waals surface area contributed by atoms with E-state index in [4.69, 9.17) is 10.5 Å². The van der Waals surface area contributed by atoms with Crippen molar-refractivity contribution in [1.29, 1.82) is 0 Å². The average Bonchev–Trinajstić information content (AvgIpc) is 2.16. The number of nitrogens with two attached hydrogens (primary N) is 1. The monoisotopic (exact) mass is 194 g/mol. The van der Waals surface area contributed by atoms with Crippen LogP contribution in [0.5, 0.6) is 0 Å². The van der Waals surface area contributed by atoms with Gasteiger partial charge in [-0.1, -0.05) is 6.07 Å². The van der Waals surface area contributed by atoms with Gasteiger partial charge in [0.1, 0.15) is 0 Å². The summed E-state index contributed by atoms with van der Waals surface area (Å²) in [6, 6.07) is 3.97. The number of aryl methyl sites for hydroxylation is 1. The van der Waals surface area contributed by atoms with Gasteiger partial charge in [-0.05, 0) is 32.4 Å². The lowest BCUT2D eigenvalue weighted by Crippen LogP contribution is -2.38. The molecule has 0 aromatic carbocycles. The standard InChI is InChI=1S/C11H18N2O/c1-4-14-8-11(3,12)10-6-5-9(2)13-7-10/h5-7H,4,8,12H2,1-3H3. The zero-order valence-electron chi connectivity index (χ0n) is 9.08. The predicted octanol–water partition coefficient (Wildman–Crippen LogP) is 1.60. The van der Waals surface area contributed by atoms with Crippen LogP contribution in [-0.4, -0.2) is 18.2 Å². The van der Waals surface area contributed by atoms with Crippen LogP contribution in [0.1, 0.15) is 25.1 Å². The van der Waals surface area contributed by atoms with Crippen LogP contribution in [0.25, 0.3) is 0 Å². The topological polar surface area (TPSA) is 48.1 Å². The second kappa shape index (κ2) is 4.53. The third kappa shape index (κ3) is 2.79. The number of pyridine rings is 1. The molecule has 0 fully saturated rings. The van der Waals surface area contributed by atoms with Crippen LogP contribution >= 0.6 is 0 Å². The lowest BCUT2D eigenvalue weighted by molar-refractivity contribution is 0.101. The van der Waals surface area contributed by atoms with E-state index < -0.39 is 5.54 Å². The highest BCUT2D eigenvalue weighted by Gasteiger charge is 2.21. The number of aromatic nitrogens is 1. The molecule has 3 nitrogen and oxygen atoms in total. The second-order valence-corrected chi connectivity index (χ2v) is 3.74. The van der Waals surface area contributed by atoms with Crippen molar-refractivity contribution in [2.24, 2.45) is 5.73 Å². The highest BCUT2D eigenvalue weighted by atomic mass is 16.5. The van der Waals surface area contributed by atoms with Crippen molar-refractivity contribution in [3.8, 4) is 0 Å². The maximum Gasteiger partial charge on any atom is 0.0685 e. The lowest BCUT2D eigenvalue weighted by Gasteiger charge is -2.24. The van der Waals surface area contributed by atoms with Gasteiger partial charge in [0.2, 0.25) is 0 Å². The van der Waals surface area contributed by atoms with E-state index >= 15 is 0 Å². The summed E-state index contributed by atoms with van der Waals surface area (Å²) in [5, 5.41) is 0. The fraction of sp³-hybridized carbons (Fsp3) is 0.545. The smallest absolute Gasteiger partial charge is 0.0685 e. The molecule has 0 saturated carbocycles. The molecule has 0 aliphatic carbocycles. The van der Waals surface area contributed by atoms with Crippen LogP contribution in [-0.2, 0) is 10.3 Å². The fourth-order valence-corrected chi connectivity index (χ4v) is 1.20. The number of ether oxygens (including phenoxy) is 1. The van der Waals surface area contributed by atoms with E-state index in [1.54, 1.807) is 0 Å². The Morgan fingerprint density at radius 1 is 1.50 bits per heavy atom. The number of hydrogen-bond donors (Lipinski definition) is 1. The average molecular weight is 194 g/mol. The van der Waals surface area contributed by atoms with Crippen LogP contribution in [0.15, 0.2) is 18.3 Å². The minimum atomic E-state index is -0.448. The molecule has 2 N–H and O–H groups in total. The van der Waals surface area contributed by atoms with E-state index in [2.05, 4.69) is 4.98 Å². The normalized spacial score (nSPS) is 15.1. The summed E-state index contributed by atoms with van der Waals surface area (Å²) < 4.78 is 5.33. The van der Waals surface area contributed by atoms with Gasteiger partial charge in [-0.15, -0.1) is 0 Å². The summed E-state index contributed by atoms with van der Waals surface area (Å²) in [5.41, 5.74) is 7.67. The quantitative estimate of drug-likeness (QED) is 0.792. The van der Waals surface area contributed by atoms with Crippen LogP contribution in [0.2, 0.25) is 0 Å². The number of hydrogen-bond acceptors (Lipinski definition) is 3. The molecule has 1 atom stereocenters. The molecule has 0 radical (unpaired) electrons. The van der Waals surface area contributed by atoms with Crippen molar-refractivity contribution in [2.75, 3.05) is 13.2 Å². The molecule has 78 valence electrons. The maximum atomic E-state index is 6.11. The van der Waals surface area contributed by atoms with Gasteiger partial charge in [-0.3, -0.25) is 4.98 Å². The van der Waals surface area contributed by atoms with Crippen LogP contribution < -0.4 is 5.73 Å². The van der Waals surface area contributed by atoms with Crippen molar-refractivity contribution in [3.63, 3.8) is 0 Å². The van der Waals surface area contributed by atoms with Gasteiger partial charge < -0.3 is 10.5 Å².